The number of amides is 1. The maximum atomic E-state index is 12.5. The number of benzene rings is 1. The van der Waals surface area contributed by atoms with Crippen molar-refractivity contribution in [3.05, 3.63) is 35.4 Å². The smallest absolute Gasteiger partial charge is 0.227 e. The molecular weight excluding hydrogens is 284 g/mol. The number of rotatable bonds is 4. The third-order valence-corrected chi connectivity index (χ3v) is 4.38. The Labute approximate surface area is 134 Å². The Morgan fingerprint density at radius 2 is 2.05 bits per heavy atom. The number of carbonyl (C=O) groups excluding carboxylic acids is 1. The molecule has 0 aromatic heterocycles. The maximum absolute atomic E-state index is 12.5. The van der Waals surface area contributed by atoms with Crippen LogP contribution in [0.1, 0.15) is 50.8 Å². The molecule has 1 aromatic rings. The molecule has 1 fully saturated rings. The molecule has 1 amide bonds. The molecule has 1 heterocycles. The summed E-state index contributed by atoms with van der Waals surface area (Å²) in [5.41, 5.74) is 2.23. The molecule has 0 bridgehead atoms. The first-order valence-electron chi connectivity index (χ1n) is 7.66. The molecule has 0 radical (unpaired) electrons. The van der Waals surface area contributed by atoms with Gasteiger partial charge in [0.1, 0.15) is 0 Å². The summed E-state index contributed by atoms with van der Waals surface area (Å²) in [5, 5.41) is 6.49. The highest BCUT2D eigenvalue weighted by Gasteiger charge is 2.35. The minimum atomic E-state index is -0.268. The third kappa shape index (κ3) is 4.45. The molecule has 4 heteroatoms. The molecule has 2 rings (SSSR count). The van der Waals surface area contributed by atoms with E-state index in [1.165, 1.54) is 11.1 Å². The highest BCUT2D eigenvalue weighted by Crippen LogP contribution is 2.27. The van der Waals surface area contributed by atoms with Crippen LogP contribution in [0.3, 0.4) is 0 Å². The molecule has 1 aromatic carbocycles. The lowest BCUT2D eigenvalue weighted by Gasteiger charge is -2.33. The van der Waals surface area contributed by atoms with E-state index in [-0.39, 0.29) is 29.8 Å². The SMILES string of the molecule is CCc1ccc(C(C)NC(=O)C2(C)CCCNC2)cc1.Cl. The van der Waals surface area contributed by atoms with Gasteiger partial charge < -0.3 is 10.6 Å². The average Bonchev–Trinajstić information content (AvgIpc) is 2.48. The molecule has 2 atom stereocenters. The molecule has 2 N–H and O–H groups in total. The fraction of sp³-hybridized carbons (Fsp3) is 0.588. The van der Waals surface area contributed by atoms with E-state index in [9.17, 15) is 4.79 Å². The van der Waals surface area contributed by atoms with Crippen molar-refractivity contribution in [3.63, 3.8) is 0 Å². The lowest BCUT2D eigenvalue weighted by atomic mass is 9.81. The average molecular weight is 311 g/mol. The van der Waals surface area contributed by atoms with Gasteiger partial charge in [0.15, 0.2) is 0 Å². The van der Waals surface area contributed by atoms with Crippen LogP contribution in [0.25, 0.3) is 0 Å². The number of halogens is 1. The standard InChI is InChI=1S/C17H26N2O.ClH/c1-4-14-6-8-15(9-7-14)13(2)19-16(20)17(3)10-5-11-18-12-17;/h6-9,13,18H,4-5,10-12H2,1-3H3,(H,19,20);1H. The van der Waals surface area contributed by atoms with Crippen LogP contribution in [0.2, 0.25) is 0 Å². The second-order valence-corrected chi connectivity index (χ2v) is 6.13. The van der Waals surface area contributed by atoms with Crippen LogP contribution < -0.4 is 10.6 Å². The van der Waals surface area contributed by atoms with Gasteiger partial charge in [-0.25, -0.2) is 0 Å². The zero-order valence-electron chi connectivity index (χ0n) is 13.2. The molecule has 0 saturated carbocycles. The van der Waals surface area contributed by atoms with Crippen molar-refractivity contribution < 1.29 is 4.79 Å². The third-order valence-electron chi connectivity index (χ3n) is 4.38. The van der Waals surface area contributed by atoms with E-state index in [4.69, 9.17) is 0 Å². The Morgan fingerprint density at radius 3 is 2.57 bits per heavy atom. The van der Waals surface area contributed by atoms with Crippen molar-refractivity contribution >= 4 is 18.3 Å². The number of hydrogen-bond acceptors (Lipinski definition) is 2. The zero-order chi connectivity index (χ0) is 14.6. The number of carbonyl (C=O) groups is 1. The van der Waals surface area contributed by atoms with Crippen LogP contribution >= 0.6 is 12.4 Å². The van der Waals surface area contributed by atoms with Gasteiger partial charge in [0.05, 0.1) is 11.5 Å². The molecule has 1 aliphatic heterocycles. The number of hydrogen-bond donors (Lipinski definition) is 2. The van der Waals surface area contributed by atoms with E-state index in [0.29, 0.717) is 0 Å². The predicted molar refractivity (Wildman–Crippen MR) is 89.8 cm³/mol. The largest absolute Gasteiger partial charge is 0.349 e. The van der Waals surface area contributed by atoms with E-state index in [1.807, 2.05) is 0 Å². The van der Waals surface area contributed by atoms with Gasteiger partial charge in [-0.05, 0) is 50.8 Å². The van der Waals surface area contributed by atoms with Gasteiger partial charge in [-0.15, -0.1) is 12.4 Å². The summed E-state index contributed by atoms with van der Waals surface area (Å²) in [4.78, 5) is 12.5. The molecule has 21 heavy (non-hydrogen) atoms. The van der Waals surface area contributed by atoms with Crippen molar-refractivity contribution in [2.24, 2.45) is 5.41 Å². The summed E-state index contributed by atoms with van der Waals surface area (Å²) in [5.74, 6) is 0.164. The summed E-state index contributed by atoms with van der Waals surface area (Å²) in [6, 6.07) is 8.58. The van der Waals surface area contributed by atoms with Crippen LogP contribution in [0.15, 0.2) is 24.3 Å². The van der Waals surface area contributed by atoms with Crippen LogP contribution in [0, 0.1) is 5.41 Å². The van der Waals surface area contributed by atoms with E-state index in [0.717, 1.165) is 32.4 Å². The van der Waals surface area contributed by atoms with Crippen molar-refractivity contribution in [2.45, 2.75) is 46.1 Å². The quantitative estimate of drug-likeness (QED) is 0.896. The van der Waals surface area contributed by atoms with E-state index < -0.39 is 0 Å². The van der Waals surface area contributed by atoms with Gasteiger partial charge in [-0.3, -0.25) is 4.79 Å². The summed E-state index contributed by atoms with van der Waals surface area (Å²) >= 11 is 0. The highest BCUT2D eigenvalue weighted by atomic mass is 35.5. The molecule has 1 aliphatic rings. The monoisotopic (exact) mass is 310 g/mol. The van der Waals surface area contributed by atoms with Gasteiger partial charge in [0.2, 0.25) is 5.91 Å². The van der Waals surface area contributed by atoms with Gasteiger partial charge in [0.25, 0.3) is 0 Å². The van der Waals surface area contributed by atoms with Crippen molar-refractivity contribution in [1.82, 2.24) is 10.6 Å². The first-order chi connectivity index (χ1) is 9.55. The first-order valence-corrected chi connectivity index (χ1v) is 7.66. The summed E-state index contributed by atoms with van der Waals surface area (Å²) in [7, 11) is 0. The van der Waals surface area contributed by atoms with Crippen LogP contribution in [0.4, 0.5) is 0 Å². The Balaban J connectivity index is 0.00000220. The summed E-state index contributed by atoms with van der Waals surface area (Å²) in [6.45, 7) is 8.06. The van der Waals surface area contributed by atoms with Gasteiger partial charge in [-0.1, -0.05) is 31.2 Å². The molecular formula is C17H27ClN2O. The Kier molecular flexibility index (Phi) is 6.69. The first kappa shape index (κ1) is 18.0. The fourth-order valence-corrected chi connectivity index (χ4v) is 2.75. The van der Waals surface area contributed by atoms with Crippen LogP contribution in [0.5, 0.6) is 0 Å². The molecule has 118 valence electrons. The summed E-state index contributed by atoms with van der Waals surface area (Å²) < 4.78 is 0. The van der Waals surface area contributed by atoms with Crippen molar-refractivity contribution in [1.29, 1.82) is 0 Å². The Morgan fingerprint density at radius 1 is 1.38 bits per heavy atom. The normalized spacial score (nSPS) is 23.0. The lowest BCUT2D eigenvalue weighted by Crippen LogP contribution is -2.49. The zero-order valence-corrected chi connectivity index (χ0v) is 14.1. The number of nitrogens with one attached hydrogen (secondary N) is 2. The molecule has 1 saturated heterocycles. The Bertz CT molecular complexity index is 452. The lowest BCUT2D eigenvalue weighted by molar-refractivity contribution is -0.131. The molecule has 3 nitrogen and oxygen atoms in total. The molecule has 2 unspecified atom stereocenters. The van der Waals surface area contributed by atoms with Crippen molar-refractivity contribution in [2.75, 3.05) is 13.1 Å². The minimum absolute atomic E-state index is 0. The van der Waals surface area contributed by atoms with E-state index in [2.05, 4.69) is 55.7 Å². The van der Waals surface area contributed by atoms with E-state index in [1.54, 1.807) is 0 Å². The number of piperidine rings is 1. The highest BCUT2D eigenvalue weighted by molar-refractivity contribution is 5.85. The maximum Gasteiger partial charge on any atom is 0.227 e. The second-order valence-electron chi connectivity index (χ2n) is 6.13. The molecule has 0 spiro atoms. The fourth-order valence-electron chi connectivity index (χ4n) is 2.75. The minimum Gasteiger partial charge on any atom is -0.349 e. The van der Waals surface area contributed by atoms with Gasteiger partial charge >= 0.3 is 0 Å². The topological polar surface area (TPSA) is 41.1 Å². The van der Waals surface area contributed by atoms with Gasteiger partial charge in [0, 0.05) is 6.54 Å². The van der Waals surface area contributed by atoms with Gasteiger partial charge in [-0.2, -0.15) is 0 Å². The van der Waals surface area contributed by atoms with E-state index >= 15 is 0 Å². The Hall–Kier alpha value is -1.06. The molecule has 0 aliphatic carbocycles. The van der Waals surface area contributed by atoms with Crippen LogP contribution in [-0.4, -0.2) is 19.0 Å². The predicted octanol–water partition coefficient (Wildman–Crippen LogP) is 3.24. The van der Waals surface area contributed by atoms with Crippen molar-refractivity contribution in [3.8, 4) is 0 Å². The van der Waals surface area contributed by atoms with Crippen LogP contribution in [-0.2, 0) is 11.2 Å². The summed E-state index contributed by atoms with van der Waals surface area (Å²) in [6.07, 6.45) is 3.08. The second kappa shape index (κ2) is 7.81. The number of aryl methyl sites for hydroxylation is 1.